The lowest BCUT2D eigenvalue weighted by Crippen LogP contribution is -2.69. The average Bonchev–Trinajstić information content (AvgIpc) is 2.67. The number of aliphatic hydroxyl groups is 3. The number of fused-ring (bicyclic) bond motifs is 3. The van der Waals surface area contributed by atoms with Crippen molar-refractivity contribution in [3.8, 4) is 0 Å². The first kappa shape index (κ1) is 19.4. The minimum Gasteiger partial charge on any atom is -0.462 e. The molecule has 2 bridgehead atoms. The lowest BCUT2D eigenvalue weighted by Gasteiger charge is -2.67. The van der Waals surface area contributed by atoms with Crippen LogP contribution in [0, 0.1) is 34.0 Å². The first-order chi connectivity index (χ1) is 12.5. The third-order valence-electron chi connectivity index (χ3n) is 8.99. The van der Waals surface area contributed by atoms with Crippen molar-refractivity contribution in [3.05, 3.63) is 12.2 Å². The predicted octanol–water partition coefficient (Wildman–Crippen LogP) is 2.43. The molecule has 4 aliphatic rings. The van der Waals surface area contributed by atoms with Gasteiger partial charge in [-0.05, 0) is 53.9 Å². The van der Waals surface area contributed by atoms with Crippen molar-refractivity contribution < 1.29 is 24.9 Å². The molecule has 0 aromatic rings. The van der Waals surface area contributed by atoms with E-state index in [-0.39, 0.29) is 22.7 Å². The fourth-order valence-corrected chi connectivity index (χ4v) is 8.00. The van der Waals surface area contributed by atoms with Crippen LogP contribution in [0.25, 0.3) is 0 Å². The van der Waals surface area contributed by atoms with Crippen LogP contribution in [-0.2, 0) is 9.53 Å². The number of rotatable bonds is 1. The summed E-state index contributed by atoms with van der Waals surface area (Å²) in [5.41, 5.74) is -0.519. The summed E-state index contributed by atoms with van der Waals surface area (Å²) >= 11 is 0. The molecule has 5 heteroatoms. The van der Waals surface area contributed by atoms with Crippen LogP contribution < -0.4 is 0 Å². The number of ether oxygens (including phenoxy) is 1. The van der Waals surface area contributed by atoms with Crippen molar-refractivity contribution >= 4 is 5.97 Å². The van der Waals surface area contributed by atoms with E-state index in [1.807, 2.05) is 0 Å². The molecule has 0 aliphatic heterocycles. The molecule has 4 saturated carbocycles. The van der Waals surface area contributed by atoms with Gasteiger partial charge in [0.25, 0.3) is 0 Å². The van der Waals surface area contributed by atoms with Gasteiger partial charge < -0.3 is 20.1 Å². The highest BCUT2D eigenvalue weighted by Gasteiger charge is 2.75. The average molecular weight is 379 g/mol. The van der Waals surface area contributed by atoms with Crippen molar-refractivity contribution in [2.24, 2.45) is 34.0 Å². The molecule has 9 atom stereocenters. The molecule has 4 aliphatic carbocycles. The Kier molecular flexibility index (Phi) is 4.17. The Hall–Kier alpha value is -0.910. The normalized spacial score (nSPS) is 53.4. The van der Waals surface area contributed by atoms with Crippen LogP contribution in [0.5, 0.6) is 0 Å². The molecule has 4 fully saturated rings. The van der Waals surface area contributed by atoms with Crippen LogP contribution in [0.2, 0.25) is 0 Å². The molecule has 4 rings (SSSR count). The van der Waals surface area contributed by atoms with Gasteiger partial charge in [0.1, 0.15) is 6.10 Å². The maximum atomic E-state index is 12.0. The first-order valence-corrected chi connectivity index (χ1v) is 10.4. The molecule has 0 amide bonds. The Morgan fingerprint density at radius 3 is 2.41 bits per heavy atom. The van der Waals surface area contributed by atoms with Gasteiger partial charge in [-0.2, -0.15) is 0 Å². The Labute approximate surface area is 161 Å². The van der Waals surface area contributed by atoms with E-state index >= 15 is 0 Å². The minimum atomic E-state index is -0.967. The molecule has 0 aromatic carbocycles. The number of carbonyl (C=O) groups excluding carboxylic acids is 1. The van der Waals surface area contributed by atoms with Crippen LogP contribution in [0.15, 0.2) is 12.2 Å². The highest BCUT2D eigenvalue weighted by atomic mass is 16.5. The molecule has 3 N–H and O–H groups in total. The molecule has 1 spiro atoms. The van der Waals surface area contributed by atoms with E-state index in [1.54, 1.807) is 0 Å². The van der Waals surface area contributed by atoms with Gasteiger partial charge in [0.2, 0.25) is 0 Å². The molecule has 27 heavy (non-hydrogen) atoms. The van der Waals surface area contributed by atoms with Gasteiger partial charge in [0, 0.05) is 12.8 Å². The fourth-order valence-electron chi connectivity index (χ4n) is 8.00. The molecule has 0 aromatic heterocycles. The quantitative estimate of drug-likeness (QED) is 0.482. The zero-order chi connectivity index (χ0) is 19.9. The fraction of sp³-hybridized carbons (Fsp3) is 0.864. The van der Waals surface area contributed by atoms with Gasteiger partial charge in [-0.3, -0.25) is 4.79 Å². The Bertz CT molecular complexity index is 672. The SMILES string of the molecule is C=C1C2C(O)CC3C4(C)CCCC(C)(C)C4CC(OC(C)=O)C3(C1O)C2O. The third kappa shape index (κ3) is 2.25. The summed E-state index contributed by atoms with van der Waals surface area (Å²) in [5.74, 6) is -0.755. The maximum absolute atomic E-state index is 12.0. The van der Waals surface area contributed by atoms with E-state index in [0.29, 0.717) is 24.3 Å². The van der Waals surface area contributed by atoms with E-state index in [9.17, 15) is 20.1 Å². The van der Waals surface area contributed by atoms with E-state index in [0.717, 1.165) is 19.3 Å². The standard InChI is InChI=1S/C22H34O5/c1-11-17-13(24)9-15-21(5)8-6-7-20(3,4)14(21)10-16(27-12(2)23)22(15,18(11)25)19(17)26/h13-19,24-26H,1,6-10H2,2-5H3. The summed E-state index contributed by atoms with van der Waals surface area (Å²) in [6.07, 6.45) is 1.18. The second kappa shape index (κ2) is 5.80. The van der Waals surface area contributed by atoms with Gasteiger partial charge in [0.05, 0.1) is 23.7 Å². The zero-order valence-electron chi connectivity index (χ0n) is 16.9. The van der Waals surface area contributed by atoms with Crippen LogP contribution in [-0.4, -0.2) is 45.7 Å². The number of hydrogen-bond acceptors (Lipinski definition) is 5. The van der Waals surface area contributed by atoms with Crippen molar-refractivity contribution in [3.63, 3.8) is 0 Å². The highest BCUT2D eigenvalue weighted by molar-refractivity contribution is 5.66. The topological polar surface area (TPSA) is 87.0 Å². The molecule has 0 heterocycles. The summed E-state index contributed by atoms with van der Waals surface area (Å²) in [5, 5.41) is 33.5. The van der Waals surface area contributed by atoms with E-state index < -0.39 is 35.7 Å². The molecular weight excluding hydrogens is 344 g/mol. The van der Waals surface area contributed by atoms with E-state index in [4.69, 9.17) is 4.74 Å². The van der Waals surface area contributed by atoms with Crippen molar-refractivity contribution in [1.82, 2.24) is 0 Å². The van der Waals surface area contributed by atoms with Crippen molar-refractivity contribution in [1.29, 1.82) is 0 Å². The van der Waals surface area contributed by atoms with Gasteiger partial charge >= 0.3 is 5.97 Å². The maximum Gasteiger partial charge on any atom is 0.302 e. The summed E-state index contributed by atoms with van der Waals surface area (Å²) in [6.45, 7) is 12.2. The smallest absolute Gasteiger partial charge is 0.302 e. The Balaban J connectivity index is 1.91. The summed E-state index contributed by atoms with van der Waals surface area (Å²) in [7, 11) is 0. The summed E-state index contributed by atoms with van der Waals surface area (Å²) in [4.78, 5) is 12.0. The third-order valence-corrected chi connectivity index (χ3v) is 8.99. The predicted molar refractivity (Wildman–Crippen MR) is 101 cm³/mol. The highest BCUT2D eigenvalue weighted by Crippen LogP contribution is 2.72. The Morgan fingerprint density at radius 2 is 1.78 bits per heavy atom. The van der Waals surface area contributed by atoms with E-state index in [2.05, 4.69) is 27.4 Å². The molecule has 9 unspecified atom stereocenters. The largest absolute Gasteiger partial charge is 0.462 e. The van der Waals surface area contributed by atoms with Crippen LogP contribution in [0.3, 0.4) is 0 Å². The van der Waals surface area contributed by atoms with Gasteiger partial charge in [-0.1, -0.05) is 33.8 Å². The van der Waals surface area contributed by atoms with Gasteiger partial charge in [-0.15, -0.1) is 0 Å². The Morgan fingerprint density at radius 1 is 1.11 bits per heavy atom. The number of aliphatic hydroxyl groups excluding tert-OH is 3. The van der Waals surface area contributed by atoms with Crippen LogP contribution in [0.4, 0.5) is 0 Å². The lowest BCUT2D eigenvalue weighted by atomic mass is 9.39. The molecule has 0 radical (unpaired) electrons. The number of hydrogen-bond donors (Lipinski definition) is 3. The molecule has 5 nitrogen and oxygen atoms in total. The number of carbonyl (C=O) groups is 1. The van der Waals surface area contributed by atoms with Crippen molar-refractivity contribution in [2.45, 2.75) is 84.2 Å². The van der Waals surface area contributed by atoms with Gasteiger partial charge in [0.15, 0.2) is 0 Å². The second-order valence-electron chi connectivity index (χ2n) is 10.5. The van der Waals surface area contributed by atoms with Crippen molar-refractivity contribution in [2.75, 3.05) is 0 Å². The van der Waals surface area contributed by atoms with E-state index in [1.165, 1.54) is 6.92 Å². The summed E-state index contributed by atoms with van der Waals surface area (Å²) in [6, 6.07) is 0. The zero-order valence-corrected chi connectivity index (χ0v) is 16.9. The lowest BCUT2D eigenvalue weighted by molar-refractivity contribution is -0.268. The second-order valence-corrected chi connectivity index (χ2v) is 10.5. The molecule has 0 saturated heterocycles. The van der Waals surface area contributed by atoms with Crippen LogP contribution in [0.1, 0.15) is 59.8 Å². The number of esters is 1. The molecular formula is C22H34O5. The van der Waals surface area contributed by atoms with Gasteiger partial charge in [-0.25, -0.2) is 0 Å². The van der Waals surface area contributed by atoms with Crippen LogP contribution >= 0.6 is 0 Å². The molecule has 152 valence electrons. The minimum absolute atomic E-state index is 0.0837. The monoisotopic (exact) mass is 378 g/mol. The first-order valence-electron chi connectivity index (χ1n) is 10.4. The summed E-state index contributed by atoms with van der Waals surface area (Å²) < 4.78 is 5.81.